The molecular weight excluding hydrogens is 262 g/mol. The molecule has 1 saturated heterocycles. The van der Waals surface area contributed by atoms with Crippen molar-refractivity contribution in [3.05, 3.63) is 18.5 Å². The lowest BCUT2D eigenvalue weighted by Gasteiger charge is -2.37. The van der Waals surface area contributed by atoms with Crippen LogP contribution in [0.1, 0.15) is 27.2 Å². The highest BCUT2D eigenvalue weighted by Crippen LogP contribution is 2.20. The second kappa shape index (κ2) is 7.48. The first-order valence-corrected chi connectivity index (χ1v) is 8.01. The summed E-state index contributed by atoms with van der Waals surface area (Å²) in [6.07, 6.45) is 5.16. The third-order valence-electron chi connectivity index (χ3n) is 4.05. The van der Waals surface area contributed by atoms with E-state index in [1.807, 2.05) is 30.2 Å². The van der Waals surface area contributed by atoms with Crippen molar-refractivity contribution in [1.29, 1.82) is 0 Å². The minimum absolute atomic E-state index is 0.515. The molecule has 1 aromatic heterocycles. The van der Waals surface area contributed by atoms with E-state index in [0.29, 0.717) is 5.92 Å². The van der Waals surface area contributed by atoms with E-state index in [9.17, 15) is 0 Å². The molecule has 2 rings (SSSR count). The van der Waals surface area contributed by atoms with Gasteiger partial charge < -0.3 is 10.2 Å². The summed E-state index contributed by atoms with van der Waals surface area (Å²) in [7, 11) is 1.88. The van der Waals surface area contributed by atoms with E-state index in [1.165, 1.54) is 6.42 Å². The standard InChI is InChI=1S/C16H29N5/c1-13-8-14(2)11-20(10-13)16(17-4)18-9-15(3)12-21-7-5-6-19-21/h5-7,13-15H,8-12H2,1-4H3,(H,17,18). The lowest BCUT2D eigenvalue weighted by molar-refractivity contribution is 0.207. The van der Waals surface area contributed by atoms with Crippen LogP contribution in [0.2, 0.25) is 0 Å². The number of rotatable bonds is 4. The normalized spacial score (nSPS) is 25.0. The van der Waals surface area contributed by atoms with Crippen molar-refractivity contribution in [2.24, 2.45) is 22.7 Å². The monoisotopic (exact) mass is 291 g/mol. The molecule has 1 N–H and O–H groups in total. The Labute approximate surface area is 128 Å². The fourth-order valence-electron chi connectivity index (χ4n) is 3.23. The molecule has 0 bridgehead atoms. The van der Waals surface area contributed by atoms with Gasteiger partial charge >= 0.3 is 0 Å². The van der Waals surface area contributed by atoms with Gasteiger partial charge in [0.05, 0.1) is 0 Å². The van der Waals surface area contributed by atoms with Crippen molar-refractivity contribution in [3.63, 3.8) is 0 Å². The van der Waals surface area contributed by atoms with E-state index >= 15 is 0 Å². The number of nitrogens with zero attached hydrogens (tertiary/aromatic N) is 4. The summed E-state index contributed by atoms with van der Waals surface area (Å²) < 4.78 is 1.99. The van der Waals surface area contributed by atoms with Gasteiger partial charge in [-0.1, -0.05) is 20.8 Å². The Morgan fingerprint density at radius 1 is 1.38 bits per heavy atom. The number of likely N-dealkylation sites (tertiary alicyclic amines) is 1. The number of hydrogen-bond donors (Lipinski definition) is 1. The fourth-order valence-corrected chi connectivity index (χ4v) is 3.23. The third-order valence-corrected chi connectivity index (χ3v) is 4.05. The quantitative estimate of drug-likeness (QED) is 0.682. The minimum atomic E-state index is 0.515. The molecule has 3 atom stereocenters. The van der Waals surface area contributed by atoms with Crippen LogP contribution in [0.25, 0.3) is 0 Å². The summed E-state index contributed by atoms with van der Waals surface area (Å²) in [5.74, 6) is 3.05. The molecule has 0 spiro atoms. The zero-order chi connectivity index (χ0) is 15.2. The number of nitrogens with one attached hydrogen (secondary N) is 1. The second-order valence-corrected chi connectivity index (χ2v) is 6.61. The number of piperidine rings is 1. The molecule has 0 aromatic carbocycles. The SMILES string of the molecule is CN=C(NCC(C)Cn1cccn1)N1CC(C)CC(C)C1. The maximum atomic E-state index is 4.46. The van der Waals surface area contributed by atoms with Crippen LogP contribution < -0.4 is 5.32 Å². The molecule has 2 heterocycles. The molecule has 21 heavy (non-hydrogen) atoms. The van der Waals surface area contributed by atoms with E-state index in [1.54, 1.807) is 0 Å². The average Bonchev–Trinajstić information content (AvgIpc) is 2.91. The summed E-state index contributed by atoms with van der Waals surface area (Å²) in [6, 6.07) is 1.97. The number of guanidine groups is 1. The van der Waals surface area contributed by atoms with Crippen LogP contribution in [0.5, 0.6) is 0 Å². The van der Waals surface area contributed by atoms with Crippen molar-refractivity contribution in [3.8, 4) is 0 Å². The fraction of sp³-hybridized carbons (Fsp3) is 0.750. The van der Waals surface area contributed by atoms with Crippen molar-refractivity contribution < 1.29 is 0 Å². The van der Waals surface area contributed by atoms with Crippen LogP contribution in [0.4, 0.5) is 0 Å². The molecule has 5 heteroatoms. The topological polar surface area (TPSA) is 45.5 Å². The molecule has 118 valence electrons. The Balaban J connectivity index is 1.82. The Morgan fingerprint density at radius 2 is 2.10 bits per heavy atom. The zero-order valence-corrected chi connectivity index (χ0v) is 13.8. The van der Waals surface area contributed by atoms with Gasteiger partial charge in [-0.25, -0.2) is 0 Å². The van der Waals surface area contributed by atoms with Crippen LogP contribution >= 0.6 is 0 Å². The van der Waals surface area contributed by atoms with Crippen LogP contribution in [0.15, 0.2) is 23.5 Å². The third kappa shape index (κ3) is 4.76. The number of hydrogen-bond acceptors (Lipinski definition) is 2. The van der Waals surface area contributed by atoms with Gasteiger partial charge in [0.2, 0.25) is 0 Å². The molecule has 5 nitrogen and oxygen atoms in total. The highest BCUT2D eigenvalue weighted by Gasteiger charge is 2.24. The van der Waals surface area contributed by atoms with Crippen molar-refractivity contribution >= 4 is 5.96 Å². The molecular formula is C16H29N5. The lowest BCUT2D eigenvalue weighted by atomic mass is 9.92. The molecule has 1 fully saturated rings. The summed E-state index contributed by atoms with van der Waals surface area (Å²) in [5.41, 5.74) is 0. The first-order valence-electron chi connectivity index (χ1n) is 8.01. The molecule has 3 unspecified atom stereocenters. The molecule has 1 aliphatic heterocycles. The van der Waals surface area contributed by atoms with Gasteiger partial charge in [-0.15, -0.1) is 0 Å². The van der Waals surface area contributed by atoms with Gasteiger partial charge in [0, 0.05) is 45.6 Å². The Hall–Kier alpha value is -1.52. The number of aromatic nitrogens is 2. The van der Waals surface area contributed by atoms with E-state index < -0.39 is 0 Å². The van der Waals surface area contributed by atoms with E-state index in [2.05, 4.69) is 41.1 Å². The molecule has 1 aliphatic rings. The van der Waals surface area contributed by atoms with E-state index in [-0.39, 0.29) is 0 Å². The Morgan fingerprint density at radius 3 is 2.67 bits per heavy atom. The second-order valence-electron chi connectivity index (χ2n) is 6.61. The molecule has 0 radical (unpaired) electrons. The van der Waals surface area contributed by atoms with Crippen molar-refractivity contribution in [1.82, 2.24) is 20.0 Å². The summed E-state index contributed by atoms with van der Waals surface area (Å²) in [4.78, 5) is 6.86. The number of aliphatic imine (C=N–C) groups is 1. The zero-order valence-electron chi connectivity index (χ0n) is 13.8. The van der Waals surface area contributed by atoms with Crippen LogP contribution in [-0.2, 0) is 6.54 Å². The average molecular weight is 291 g/mol. The van der Waals surface area contributed by atoms with Crippen LogP contribution in [0.3, 0.4) is 0 Å². The van der Waals surface area contributed by atoms with Gasteiger partial charge in [0.25, 0.3) is 0 Å². The minimum Gasteiger partial charge on any atom is -0.356 e. The van der Waals surface area contributed by atoms with Gasteiger partial charge in [0.1, 0.15) is 0 Å². The Bertz CT molecular complexity index is 430. The summed E-state index contributed by atoms with van der Waals surface area (Å²) in [6.45, 7) is 11.0. The molecule has 0 amide bonds. The predicted molar refractivity (Wildman–Crippen MR) is 87.3 cm³/mol. The first-order chi connectivity index (χ1) is 10.1. The van der Waals surface area contributed by atoms with Gasteiger partial charge in [0.15, 0.2) is 5.96 Å². The Kier molecular flexibility index (Phi) is 5.65. The first kappa shape index (κ1) is 15.9. The smallest absolute Gasteiger partial charge is 0.193 e. The van der Waals surface area contributed by atoms with Crippen molar-refractivity contribution in [2.45, 2.75) is 33.7 Å². The molecule has 1 aromatic rings. The van der Waals surface area contributed by atoms with Gasteiger partial charge in [-0.05, 0) is 30.2 Å². The predicted octanol–water partition coefficient (Wildman–Crippen LogP) is 2.07. The summed E-state index contributed by atoms with van der Waals surface area (Å²) >= 11 is 0. The van der Waals surface area contributed by atoms with Crippen molar-refractivity contribution in [2.75, 3.05) is 26.7 Å². The van der Waals surface area contributed by atoms with Crippen LogP contribution in [0, 0.1) is 17.8 Å². The molecule has 0 saturated carbocycles. The maximum absolute atomic E-state index is 4.46. The highest BCUT2D eigenvalue weighted by atomic mass is 15.3. The largest absolute Gasteiger partial charge is 0.356 e. The maximum Gasteiger partial charge on any atom is 0.193 e. The van der Waals surface area contributed by atoms with Gasteiger partial charge in [-0.3, -0.25) is 9.67 Å². The van der Waals surface area contributed by atoms with Crippen LogP contribution in [-0.4, -0.2) is 47.3 Å². The highest BCUT2D eigenvalue weighted by molar-refractivity contribution is 5.80. The van der Waals surface area contributed by atoms with Gasteiger partial charge in [-0.2, -0.15) is 5.10 Å². The lowest BCUT2D eigenvalue weighted by Crippen LogP contribution is -2.49. The summed E-state index contributed by atoms with van der Waals surface area (Å²) in [5, 5.41) is 7.79. The van der Waals surface area contributed by atoms with E-state index in [4.69, 9.17) is 0 Å². The molecule has 0 aliphatic carbocycles. The van der Waals surface area contributed by atoms with E-state index in [0.717, 1.165) is 44.0 Å².